The summed E-state index contributed by atoms with van der Waals surface area (Å²) in [5.74, 6) is -0.413. The van der Waals surface area contributed by atoms with Gasteiger partial charge in [0.2, 0.25) is 0 Å². The molecule has 1 amide bonds. The van der Waals surface area contributed by atoms with Crippen LogP contribution >= 0.6 is 11.6 Å². The highest BCUT2D eigenvalue weighted by Gasteiger charge is 2.18. The summed E-state index contributed by atoms with van der Waals surface area (Å²) in [7, 11) is 0. The van der Waals surface area contributed by atoms with Gasteiger partial charge in [0, 0.05) is 12.3 Å². The molecule has 11 heteroatoms. The average Bonchev–Trinajstić information content (AvgIpc) is 3.40. The van der Waals surface area contributed by atoms with Crippen LogP contribution in [0.25, 0.3) is 0 Å². The van der Waals surface area contributed by atoms with Crippen LogP contribution in [0.5, 0.6) is 5.75 Å². The van der Waals surface area contributed by atoms with Crippen LogP contribution in [0.4, 0.5) is 15.9 Å². The summed E-state index contributed by atoms with van der Waals surface area (Å²) in [6.07, 6.45) is 1.54. The van der Waals surface area contributed by atoms with Crippen LogP contribution in [-0.2, 0) is 13.2 Å². The lowest BCUT2D eigenvalue weighted by Crippen LogP contribution is -2.12. The Morgan fingerprint density at radius 1 is 1.18 bits per heavy atom. The van der Waals surface area contributed by atoms with Gasteiger partial charge < -0.3 is 14.5 Å². The third-order valence-electron chi connectivity index (χ3n) is 4.52. The van der Waals surface area contributed by atoms with E-state index in [4.69, 9.17) is 20.8 Å². The van der Waals surface area contributed by atoms with Crippen molar-refractivity contribution in [2.24, 2.45) is 0 Å². The van der Waals surface area contributed by atoms with Crippen LogP contribution in [0.1, 0.15) is 21.9 Å². The first-order valence-corrected chi connectivity index (χ1v) is 10.0. The molecule has 168 valence electrons. The third-order valence-corrected chi connectivity index (χ3v) is 4.80. The Morgan fingerprint density at radius 2 is 1.94 bits per heavy atom. The number of carbonyl (C=O) groups excluding carboxylic acids is 1. The minimum Gasteiger partial charge on any atom is -0.479 e. The molecule has 0 bridgehead atoms. The van der Waals surface area contributed by atoms with Crippen LogP contribution in [0.3, 0.4) is 0 Å². The van der Waals surface area contributed by atoms with Gasteiger partial charge in [-0.2, -0.15) is 5.10 Å². The Hall–Kier alpha value is -4.18. The standard InChI is InChI=1S/C22H16ClFN4O5/c23-17-12-27(11-14-5-7-15(24)8-6-14)26-21(17)25-22(29)20-10-9-16(33-20)13-32-19-4-2-1-3-18(19)28(30)31/h1-10,12H,11,13H2,(H,25,26,29). The smallest absolute Gasteiger partial charge is 0.310 e. The predicted octanol–water partition coefficient (Wildman–Crippen LogP) is 5.06. The summed E-state index contributed by atoms with van der Waals surface area (Å²) in [5, 5.41) is 18.1. The molecule has 2 aromatic heterocycles. The minimum atomic E-state index is -0.583. The van der Waals surface area contributed by atoms with E-state index in [0.717, 1.165) is 5.56 Å². The lowest BCUT2D eigenvalue weighted by atomic mass is 10.2. The van der Waals surface area contributed by atoms with E-state index in [0.29, 0.717) is 12.3 Å². The second-order valence-corrected chi connectivity index (χ2v) is 7.29. The number of carbonyl (C=O) groups is 1. The number of hydrogen-bond acceptors (Lipinski definition) is 6. The molecule has 0 spiro atoms. The number of furan rings is 1. The van der Waals surface area contributed by atoms with Crippen molar-refractivity contribution in [1.82, 2.24) is 9.78 Å². The van der Waals surface area contributed by atoms with Crippen molar-refractivity contribution in [2.75, 3.05) is 5.32 Å². The number of hydrogen-bond donors (Lipinski definition) is 1. The summed E-state index contributed by atoms with van der Waals surface area (Å²) in [6, 6.07) is 14.9. The van der Waals surface area contributed by atoms with Gasteiger partial charge >= 0.3 is 5.69 Å². The quantitative estimate of drug-likeness (QED) is 0.284. The van der Waals surface area contributed by atoms with E-state index < -0.39 is 10.8 Å². The van der Waals surface area contributed by atoms with Crippen LogP contribution in [0, 0.1) is 15.9 Å². The van der Waals surface area contributed by atoms with Crippen molar-refractivity contribution in [3.63, 3.8) is 0 Å². The molecule has 4 rings (SSSR count). The third kappa shape index (κ3) is 5.36. The van der Waals surface area contributed by atoms with Gasteiger partial charge in [-0.3, -0.25) is 19.6 Å². The molecule has 0 atom stereocenters. The number of para-hydroxylation sites is 2. The molecule has 0 aliphatic rings. The zero-order valence-electron chi connectivity index (χ0n) is 16.9. The molecular formula is C22H16ClFN4O5. The molecule has 33 heavy (non-hydrogen) atoms. The number of amides is 1. The molecule has 0 saturated heterocycles. The van der Waals surface area contributed by atoms with E-state index in [1.165, 1.54) is 53.3 Å². The number of aromatic nitrogens is 2. The molecule has 1 N–H and O–H groups in total. The van der Waals surface area contributed by atoms with Crippen molar-refractivity contribution in [3.8, 4) is 5.75 Å². The molecule has 0 fully saturated rings. The molecule has 0 aliphatic heterocycles. The maximum absolute atomic E-state index is 13.0. The Morgan fingerprint density at radius 3 is 2.70 bits per heavy atom. The number of rotatable bonds is 8. The van der Waals surface area contributed by atoms with Crippen LogP contribution in [0.15, 0.2) is 71.3 Å². The van der Waals surface area contributed by atoms with E-state index in [9.17, 15) is 19.3 Å². The van der Waals surface area contributed by atoms with Crippen molar-refractivity contribution in [3.05, 3.63) is 105 Å². The number of halogens is 2. The van der Waals surface area contributed by atoms with Crippen molar-refractivity contribution < 1.29 is 23.3 Å². The number of nitrogens with one attached hydrogen (secondary N) is 1. The topological polar surface area (TPSA) is 112 Å². The second kappa shape index (κ2) is 9.53. The van der Waals surface area contributed by atoms with Crippen LogP contribution < -0.4 is 10.1 Å². The summed E-state index contributed by atoms with van der Waals surface area (Å²) in [5.41, 5.74) is 0.635. The van der Waals surface area contributed by atoms with E-state index in [2.05, 4.69) is 10.4 Å². The highest BCUT2D eigenvalue weighted by atomic mass is 35.5. The maximum Gasteiger partial charge on any atom is 0.310 e. The first kappa shape index (κ1) is 22.0. The summed E-state index contributed by atoms with van der Waals surface area (Å²) in [6.45, 7) is 0.231. The number of ether oxygens (including phenoxy) is 1. The minimum absolute atomic E-state index is 0.0136. The lowest BCUT2D eigenvalue weighted by Gasteiger charge is -2.04. The maximum atomic E-state index is 13.0. The Kier molecular flexibility index (Phi) is 6.36. The highest BCUT2D eigenvalue weighted by molar-refractivity contribution is 6.33. The van der Waals surface area contributed by atoms with E-state index in [1.54, 1.807) is 18.2 Å². The molecule has 9 nitrogen and oxygen atoms in total. The fourth-order valence-electron chi connectivity index (χ4n) is 2.97. The number of nitrogens with zero attached hydrogens (tertiary/aromatic N) is 3. The van der Waals surface area contributed by atoms with Gasteiger partial charge in [0.15, 0.2) is 17.3 Å². The van der Waals surface area contributed by atoms with Crippen LogP contribution in [0.2, 0.25) is 5.02 Å². The fourth-order valence-corrected chi connectivity index (χ4v) is 3.16. The van der Waals surface area contributed by atoms with Gasteiger partial charge in [-0.25, -0.2) is 4.39 Å². The van der Waals surface area contributed by atoms with Gasteiger partial charge in [0.25, 0.3) is 5.91 Å². The summed E-state index contributed by atoms with van der Waals surface area (Å²) >= 11 is 6.17. The van der Waals surface area contributed by atoms with Crippen LogP contribution in [-0.4, -0.2) is 20.6 Å². The molecule has 2 heterocycles. The van der Waals surface area contributed by atoms with Gasteiger partial charge in [0.1, 0.15) is 23.2 Å². The zero-order chi connectivity index (χ0) is 23.4. The number of nitro groups is 1. The molecule has 2 aromatic carbocycles. The molecule has 4 aromatic rings. The summed E-state index contributed by atoms with van der Waals surface area (Å²) < 4.78 is 25.5. The molecular weight excluding hydrogens is 455 g/mol. The second-order valence-electron chi connectivity index (χ2n) is 6.88. The molecule has 0 unspecified atom stereocenters. The Labute approximate surface area is 191 Å². The van der Waals surface area contributed by atoms with E-state index >= 15 is 0 Å². The first-order chi connectivity index (χ1) is 15.9. The van der Waals surface area contributed by atoms with Crippen molar-refractivity contribution in [1.29, 1.82) is 0 Å². The molecule has 0 radical (unpaired) electrons. The highest BCUT2D eigenvalue weighted by Crippen LogP contribution is 2.27. The fraction of sp³-hybridized carbons (Fsp3) is 0.0909. The number of anilines is 1. The normalized spacial score (nSPS) is 10.7. The van der Waals surface area contributed by atoms with E-state index in [-0.39, 0.29) is 40.5 Å². The predicted molar refractivity (Wildman–Crippen MR) is 117 cm³/mol. The van der Waals surface area contributed by atoms with Gasteiger partial charge in [-0.05, 0) is 35.9 Å². The van der Waals surface area contributed by atoms with Crippen molar-refractivity contribution in [2.45, 2.75) is 13.2 Å². The first-order valence-electron chi connectivity index (χ1n) is 9.63. The van der Waals surface area contributed by atoms with Gasteiger partial charge in [-0.1, -0.05) is 35.9 Å². The Bertz CT molecular complexity index is 1300. The Balaban J connectivity index is 1.38. The van der Waals surface area contributed by atoms with E-state index in [1.807, 2.05) is 0 Å². The van der Waals surface area contributed by atoms with Crippen molar-refractivity contribution >= 4 is 29.0 Å². The van der Waals surface area contributed by atoms with Gasteiger partial charge in [-0.15, -0.1) is 0 Å². The van der Waals surface area contributed by atoms with Gasteiger partial charge in [0.05, 0.1) is 11.5 Å². The monoisotopic (exact) mass is 470 g/mol. The lowest BCUT2D eigenvalue weighted by molar-refractivity contribution is -0.386. The summed E-state index contributed by atoms with van der Waals surface area (Å²) in [4.78, 5) is 23.0. The largest absolute Gasteiger partial charge is 0.479 e. The number of benzene rings is 2. The molecule has 0 aliphatic carbocycles. The number of nitro benzene ring substituents is 1. The molecule has 0 saturated carbocycles. The SMILES string of the molecule is O=C(Nc1nn(Cc2ccc(F)cc2)cc1Cl)c1ccc(COc2ccccc2[N+](=O)[O-])o1. The zero-order valence-corrected chi connectivity index (χ0v) is 17.7. The average molecular weight is 471 g/mol.